The van der Waals surface area contributed by atoms with Crippen LogP contribution < -0.4 is 0 Å². The van der Waals surface area contributed by atoms with Crippen molar-refractivity contribution in [3.8, 4) is 0 Å². The minimum absolute atomic E-state index is 0.0466. The highest BCUT2D eigenvalue weighted by Crippen LogP contribution is 2.09. The molecule has 0 aliphatic carbocycles. The lowest BCUT2D eigenvalue weighted by molar-refractivity contribution is -0.175. The molecule has 0 rings (SSSR count). The van der Waals surface area contributed by atoms with Gasteiger partial charge in [-0.25, -0.2) is 4.79 Å². The summed E-state index contributed by atoms with van der Waals surface area (Å²) >= 11 is 0. The molecular weight excluding hydrogens is 310 g/mol. The minimum atomic E-state index is -1.64. The normalized spacial score (nSPS) is 11.0. The van der Waals surface area contributed by atoms with Crippen molar-refractivity contribution in [1.29, 1.82) is 0 Å². The van der Waals surface area contributed by atoms with Gasteiger partial charge in [-0.3, -0.25) is 19.3 Å². The first-order valence-electron chi connectivity index (χ1n) is 6.99. The maximum Gasteiger partial charge on any atom is 0.347 e. The summed E-state index contributed by atoms with van der Waals surface area (Å²) in [5, 5.41) is 8.92. The van der Waals surface area contributed by atoms with E-state index in [4.69, 9.17) is 19.3 Å². The van der Waals surface area contributed by atoms with Gasteiger partial charge in [0.05, 0.1) is 6.54 Å². The summed E-state index contributed by atoms with van der Waals surface area (Å²) in [6, 6.07) is 0. The molecule has 0 fully saturated rings. The van der Waals surface area contributed by atoms with Gasteiger partial charge in [0.15, 0.2) is 0 Å². The van der Waals surface area contributed by atoms with Gasteiger partial charge in [-0.1, -0.05) is 0 Å². The van der Waals surface area contributed by atoms with Crippen LogP contribution in [0.15, 0.2) is 0 Å². The number of hydrogen-bond acceptors (Lipinski definition) is 8. The van der Waals surface area contributed by atoms with Crippen LogP contribution in [0.5, 0.6) is 0 Å². The molecule has 0 radical (unpaired) electrons. The minimum Gasteiger partial charge on any atom is -0.478 e. The molecule has 0 aliphatic rings. The van der Waals surface area contributed by atoms with Crippen molar-refractivity contribution in [2.75, 3.05) is 32.8 Å². The number of carbonyl (C=O) groups is 4. The van der Waals surface area contributed by atoms with Gasteiger partial charge in [0, 0.05) is 26.9 Å². The van der Waals surface area contributed by atoms with E-state index in [-0.39, 0.29) is 32.8 Å². The molecule has 0 bridgehead atoms. The molecule has 0 aromatic rings. The fourth-order valence-electron chi connectivity index (χ4n) is 1.45. The third-order valence-electron chi connectivity index (χ3n) is 2.66. The maximum atomic E-state index is 11.8. The van der Waals surface area contributed by atoms with Crippen molar-refractivity contribution >= 4 is 23.9 Å². The van der Waals surface area contributed by atoms with E-state index in [1.807, 2.05) is 0 Å². The van der Waals surface area contributed by atoms with Gasteiger partial charge in [-0.15, -0.1) is 0 Å². The Kier molecular flexibility index (Phi) is 8.86. The number of aliphatic carboxylic acids is 1. The summed E-state index contributed by atoms with van der Waals surface area (Å²) in [4.78, 5) is 45.8. The first kappa shape index (κ1) is 20.8. The lowest BCUT2D eigenvalue weighted by atomic mass is 10.1. The highest BCUT2D eigenvalue weighted by Gasteiger charge is 2.32. The molecular formula is C14H23NO8. The van der Waals surface area contributed by atoms with E-state index in [0.717, 1.165) is 0 Å². The second kappa shape index (κ2) is 9.78. The van der Waals surface area contributed by atoms with Crippen LogP contribution >= 0.6 is 0 Å². The fraction of sp³-hybridized carbons (Fsp3) is 0.714. The molecule has 0 amide bonds. The summed E-state index contributed by atoms with van der Waals surface area (Å²) in [5.41, 5.74) is -1.64. The number of carboxylic acids is 1. The van der Waals surface area contributed by atoms with Gasteiger partial charge in [-0.05, 0) is 13.8 Å². The Morgan fingerprint density at radius 2 is 1.39 bits per heavy atom. The van der Waals surface area contributed by atoms with E-state index in [9.17, 15) is 19.2 Å². The summed E-state index contributed by atoms with van der Waals surface area (Å²) in [6.45, 7) is 5.33. The van der Waals surface area contributed by atoms with Gasteiger partial charge < -0.3 is 19.3 Å². The molecule has 0 saturated carbocycles. The summed E-state index contributed by atoms with van der Waals surface area (Å²) in [5.74, 6) is -2.93. The molecule has 9 heteroatoms. The van der Waals surface area contributed by atoms with Crippen LogP contribution in [0.1, 0.15) is 27.7 Å². The molecule has 1 N–H and O–H groups in total. The third kappa shape index (κ3) is 10.2. The topological polar surface area (TPSA) is 119 Å². The van der Waals surface area contributed by atoms with E-state index in [1.54, 1.807) is 0 Å². The van der Waals surface area contributed by atoms with Crippen LogP contribution in [-0.4, -0.2) is 72.3 Å². The Morgan fingerprint density at radius 1 is 0.957 bits per heavy atom. The smallest absolute Gasteiger partial charge is 0.347 e. The van der Waals surface area contributed by atoms with Gasteiger partial charge in [0.2, 0.25) is 5.60 Å². The highest BCUT2D eigenvalue weighted by atomic mass is 16.6. The number of nitrogens with zero attached hydrogens (tertiary/aromatic N) is 1. The quantitative estimate of drug-likeness (QED) is 0.429. The molecule has 0 atom stereocenters. The molecule has 132 valence electrons. The summed E-state index contributed by atoms with van der Waals surface area (Å²) < 4.78 is 14.5. The highest BCUT2D eigenvalue weighted by molar-refractivity contribution is 5.81. The molecule has 0 aromatic heterocycles. The summed E-state index contributed by atoms with van der Waals surface area (Å²) in [7, 11) is 0. The van der Waals surface area contributed by atoms with Crippen LogP contribution in [0.25, 0.3) is 0 Å². The first-order valence-corrected chi connectivity index (χ1v) is 6.99. The Hall–Kier alpha value is -2.16. The van der Waals surface area contributed by atoms with Gasteiger partial charge in [-0.2, -0.15) is 0 Å². The molecule has 0 spiro atoms. The number of carboxylic acid groups (broad SMARTS) is 1. The number of hydrogen-bond donors (Lipinski definition) is 1. The molecule has 0 saturated heterocycles. The number of rotatable bonds is 10. The molecule has 9 nitrogen and oxygen atoms in total. The average Bonchev–Trinajstić information content (AvgIpc) is 2.36. The zero-order valence-corrected chi connectivity index (χ0v) is 13.8. The lowest BCUT2D eigenvalue weighted by Gasteiger charge is -2.24. The largest absolute Gasteiger partial charge is 0.478 e. The van der Waals surface area contributed by atoms with Crippen molar-refractivity contribution in [1.82, 2.24) is 4.90 Å². The van der Waals surface area contributed by atoms with Crippen molar-refractivity contribution in [3.63, 3.8) is 0 Å². The number of esters is 3. The molecule has 23 heavy (non-hydrogen) atoms. The fourth-order valence-corrected chi connectivity index (χ4v) is 1.45. The third-order valence-corrected chi connectivity index (χ3v) is 2.66. The average molecular weight is 333 g/mol. The lowest BCUT2D eigenvalue weighted by Crippen LogP contribution is -2.42. The van der Waals surface area contributed by atoms with E-state index in [2.05, 4.69) is 0 Å². The standard InChI is InChI=1S/C14H23NO8/c1-10(16)21-7-5-15(6-8-22-11(2)17)9-12(18)23-14(3,4)13(19)20/h5-9H2,1-4H3,(H,19,20). The van der Waals surface area contributed by atoms with Crippen molar-refractivity contribution in [2.24, 2.45) is 0 Å². The van der Waals surface area contributed by atoms with E-state index in [1.165, 1.54) is 32.6 Å². The van der Waals surface area contributed by atoms with Gasteiger partial charge >= 0.3 is 23.9 Å². The molecule has 0 aliphatic heterocycles. The predicted molar refractivity (Wildman–Crippen MR) is 77.5 cm³/mol. The second-order valence-corrected chi connectivity index (χ2v) is 5.25. The zero-order valence-electron chi connectivity index (χ0n) is 13.8. The SMILES string of the molecule is CC(=O)OCCN(CCOC(C)=O)CC(=O)OC(C)(C)C(=O)O. The summed E-state index contributed by atoms with van der Waals surface area (Å²) in [6.07, 6.45) is 0. The van der Waals surface area contributed by atoms with Gasteiger partial charge in [0.25, 0.3) is 0 Å². The van der Waals surface area contributed by atoms with Crippen molar-refractivity contribution in [2.45, 2.75) is 33.3 Å². The Morgan fingerprint density at radius 3 is 1.74 bits per heavy atom. The van der Waals surface area contributed by atoms with E-state index in [0.29, 0.717) is 0 Å². The van der Waals surface area contributed by atoms with E-state index < -0.39 is 29.5 Å². The van der Waals surface area contributed by atoms with Gasteiger partial charge in [0.1, 0.15) is 13.2 Å². The van der Waals surface area contributed by atoms with Crippen molar-refractivity contribution < 1.29 is 38.5 Å². The molecule has 0 heterocycles. The van der Waals surface area contributed by atoms with E-state index >= 15 is 0 Å². The molecule has 0 unspecified atom stereocenters. The van der Waals surface area contributed by atoms with Crippen LogP contribution in [0, 0.1) is 0 Å². The second-order valence-electron chi connectivity index (χ2n) is 5.25. The Balaban J connectivity index is 4.52. The Bertz CT molecular complexity index is 426. The van der Waals surface area contributed by atoms with Crippen LogP contribution in [0.3, 0.4) is 0 Å². The predicted octanol–water partition coefficient (Wildman–Crippen LogP) is -0.179. The zero-order chi connectivity index (χ0) is 18.0. The van der Waals surface area contributed by atoms with Crippen LogP contribution in [0.4, 0.5) is 0 Å². The van der Waals surface area contributed by atoms with Crippen molar-refractivity contribution in [3.05, 3.63) is 0 Å². The Labute approximate surface area is 134 Å². The number of ether oxygens (including phenoxy) is 3. The maximum absolute atomic E-state index is 11.8. The number of carbonyl (C=O) groups excluding carboxylic acids is 3. The monoisotopic (exact) mass is 333 g/mol. The van der Waals surface area contributed by atoms with Crippen LogP contribution in [-0.2, 0) is 33.4 Å². The first-order chi connectivity index (χ1) is 10.5. The van der Waals surface area contributed by atoms with Crippen LogP contribution in [0.2, 0.25) is 0 Å². The molecule has 0 aromatic carbocycles.